The van der Waals surface area contributed by atoms with E-state index in [9.17, 15) is 4.79 Å². The van der Waals surface area contributed by atoms with Gasteiger partial charge in [0.15, 0.2) is 5.82 Å². The second-order valence-electron chi connectivity index (χ2n) is 6.13. The van der Waals surface area contributed by atoms with E-state index in [1.165, 1.54) is 0 Å². The summed E-state index contributed by atoms with van der Waals surface area (Å²) in [6.07, 6.45) is 1.96. The number of methoxy groups -OCH3 is 1. The summed E-state index contributed by atoms with van der Waals surface area (Å²) in [5, 5.41) is 11.3. The lowest BCUT2D eigenvalue weighted by atomic mass is 10.2. The Bertz CT molecular complexity index is 905. The highest BCUT2D eigenvalue weighted by atomic mass is 16.5. The van der Waals surface area contributed by atoms with Crippen LogP contribution in [-0.2, 0) is 11.3 Å². The molecule has 4 rings (SSSR count). The molecule has 1 aromatic carbocycles. The van der Waals surface area contributed by atoms with Crippen LogP contribution in [0.15, 0.2) is 30.3 Å². The van der Waals surface area contributed by atoms with Gasteiger partial charge in [0.25, 0.3) is 0 Å². The van der Waals surface area contributed by atoms with Crippen molar-refractivity contribution in [2.45, 2.75) is 26.3 Å². The number of carbonyl (C=O) groups is 1. The minimum atomic E-state index is 0.0637. The van der Waals surface area contributed by atoms with E-state index < -0.39 is 0 Å². The first-order valence-electron chi connectivity index (χ1n) is 8.23. The molecule has 6 heteroatoms. The first-order chi connectivity index (χ1) is 11.7. The second-order valence-corrected chi connectivity index (χ2v) is 6.13. The van der Waals surface area contributed by atoms with Crippen LogP contribution in [0, 0.1) is 5.92 Å². The Balaban J connectivity index is 1.70. The number of rotatable bonds is 5. The fourth-order valence-corrected chi connectivity index (χ4v) is 3.02. The molecule has 0 radical (unpaired) electrons. The van der Waals surface area contributed by atoms with Crippen molar-refractivity contribution in [2.24, 2.45) is 5.92 Å². The third-order valence-electron chi connectivity index (χ3n) is 4.48. The van der Waals surface area contributed by atoms with Crippen LogP contribution in [0.4, 0.5) is 5.82 Å². The topological polar surface area (TPSA) is 71.9 Å². The molecule has 24 heavy (non-hydrogen) atoms. The summed E-state index contributed by atoms with van der Waals surface area (Å²) in [6, 6.07) is 10.1. The third kappa shape index (κ3) is 2.54. The van der Waals surface area contributed by atoms with Gasteiger partial charge in [-0.1, -0.05) is 0 Å². The number of nitrogens with zero attached hydrogens (tertiary/aromatic N) is 2. The predicted molar refractivity (Wildman–Crippen MR) is 93.1 cm³/mol. The molecule has 0 aliphatic heterocycles. The molecule has 1 saturated carbocycles. The molecular weight excluding hydrogens is 304 g/mol. The number of nitrogens with one attached hydrogen (secondary N) is 2. The number of aromatic nitrogens is 3. The average Bonchev–Trinajstić information content (AvgIpc) is 3.25. The van der Waals surface area contributed by atoms with Crippen molar-refractivity contribution >= 4 is 22.6 Å². The third-order valence-corrected chi connectivity index (χ3v) is 4.48. The van der Waals surface area contributed by atoms with E-state index in [0.29, 0.717) is 5.82 Å². The van der Waals surface area contributed by atoms with Gasteiger partial charge in [-0.3, -0.25) is 9.89 Å². The van der Waals surface area contributed by atoms with E-state index in [1.54, 1.807) is 7.11 Å². The summed E-state index contributed by atoms with van der Waals surface area (Å²) in [4.78, 5) is 11.9. The maximum Gasteiger partial charge on any atom is 0.228 e. The van der Waals surface area contributed by atoms with Crippen LogP contribution in [0.1, 0.15) is 19.8 Å². The number of anilines is 1. The van der Waals surface area contributed by atoms with Gasteiger partial charge in [-0.15, -0.1) is 0 Å². The molecule has 1 amide bonds. The van der Waals surface area contributed by atoms with Gasteiger partial charge in [0, 0.05) is 30.0 Å². The lowest BCUT2D eigenvalue weighted by molar-refractivity contribution is -0.117. The summed E-state index contributed by atoms with van der Waals surface area (Å²) < 4.78 is 7.54. The molecule has 2 N–H and O–H groups in total. The Labute approximate surface area is 139 Å². The summed E-state index contributed by atoms with van der Waals surface area (Å²) in [5.74, 6) is 1.64. The number of fused-ring (bicyclic) bond motifs is 1. The molecule has 6 nitrogen and oxygen atoms in total. The van der Waals surface area contributed by atoms with Crippen molar-refractivity contribution in [3.8, 4) is 17.1 Å². The van der Waals surface area contributed by atoms with Crippen molar-refractivity contribution in [3.05, 3.63) is 30.3 Å². The molecule has 0 bridgehead atoms. The van der Waals surface area contributed by atoms with E-state index in [-0.39, 0.29) is 11.8 Å². The van der Waals surface area contributed by atoms with Crippen LogP contribution in [-0.4, -0.2) is 27.8 Å². The monoisotopic (exact) mass is 324 g/mol. The normalized spacial score (nSPS) is 14.1. The number of ether oxygens (including phenoxy) is 1. The number of aromatic amines is 1. The summed E-state index contributed by atoms with van der Waals surface area (Å²) in [6.45, 7) is 2.93. The maximum atomic E-state index is 11.9. The van der Waals surface area contributed by atoms with Crippen LogP contribution < -0.4 is 10.1 Å². The SMILES string of the molecule is CCn1c(-c2cc(NC(=O)C3CC3)n[nH]2)cc2ccc(OC)cc21. The highest BCUT2D eigenvalue weighted by Crippen LogP contribution is 2.32. The predicted octanol–water partition coefficient (Wildman–Crippen LogP) is 3.41. The summed E-state index contributed by atoms with van der Waals surface area (Å²) in [5.41, 5.74) is 3.04. The Hall–Kier alpha value is -2.76. The minimum absolute atomic E-state index is 0.0637. The van der Waals surface area contributed by atoms with Gasteiger partial charge in [-0.25, -0.2) is 0 Å². The average molecular weight is 324 g/mol. The molecular formula is C18H20N4O2. The van der Waals surface area contributed by atoms with Crippen LogP contribution in [0.3, 0.4) is 0 Å². The lowest BCUT2D eigenvalue weighted by Gasteiger charge is -2.07. The lowest BCUT2D eigenvalue weighted by Crippen LogP contribution is -2.13. The molecule has 0 spiro atoms. The number of benzene rings is 1. The van der Waals surface area contributed by atoms with Crippen LogP contribution in [0.2, 0.25) is 0 Å². The van der Waals surface area contributed by atoms with Crippen LogP contribution in [0.25, 0.3) is 22.3 Å². The first kappa shape index (κ1) is 14.8. The Kier molecular flexibility index (Phi) is 3.52. The van der Waals surface area contributed by atoms with Crippen molar-refractivity contribution in [2.75, 3.05) is 12.4 Å². The highest BCUT2D eigenvalue weighted by molar-refractivity contribution is 5.94. The Morgan fingerprint density at radius 1 is 1.38 bits per heavy atom. The second kappa shape index (κ2) is 5.70. The van der Waals surface area contributed by atoms with E-state index in [0.717, 1.165) is 47.4 Å². The standard InChI is InChI=1S/C18H20N4O2/c1-3-22-15-9-13(24-2)7-6-12(15)8-16(22)14-10-17(21-20-14)19-18(23)11-4-5-11/h6-11H,3-5H2,1-2H3,(H2,19,20,21,23). The van der Waals surface area contributed by atoms with E-state index in [2.05, 4.69) is 39.1 Å². The van der Waals surface area contributed by atoms with Crippen molar-refractivity contribution < 1.29 is 9.53 Å². The number of carbonyl (C=O) groups excluding carboxylic acids is 1. The number of aryl methyl sites for hydroxylation is 1. The van der Waals surface area contributed by atoms with Crippen LogP contribution in [0.5, 0.6) is 5.75 Å². The molecule has 0 saturated heterocycles. The molecule has 1 aliphatic rings. The summed E-state index contributed by atoms with van der Waals surface area (Å²) >= 11 is 0. The van der Waals surface area contributed by atoms with Gasteiger partial charge in [-0.05, 0) is 38.0 Å². The zero-order chi connectivity index (χ0) is 16.7. The number of hydrogen-bond donors (Lipinski definition) is 2. The van der Waals surface area contributed by atoms with Gasteiger partial charge >= 0.3 is 0 Å². The van der Waals surface area contributed by atoms with Gasteiger partial charge in [-0.2, -0.15) is 5.10 Å². The molecule has 2 aromatic heterocycles. The quantitative estimate of drug-likeness (QED) is 0.755. The minimum Gasteiger partial charge on any atom is -0.497 e. The zero-order valence-electron chi connectivity index (χ0n) is 13.8. The first-order valence-corrected chi connectivity index (χ1v) is 8.23. The van der Waals surface area contributed by atoms with Gasteiger partial charge in [0.05, 0.1) is 24.0 Å². The molecule has 3 aromatic rings. The fraction of sp³-hybridized carbons (Fsp3) is 0.333. The van der Waals surface area contributed by atoms with Crippen molar-refractivity contribution in [1.29, 1.82) is 0 Å². The van der Waals surface area contributed by atoms with Gasteiger partial charge in [0.1, 0.15) is 5.75 Å². The molecule has 2 heterocycles. The number of amides is 1. The van der Waals surface area contributed by atoms with Gasteiger partial charge < -0.3 is 14.6 Å². The van der Waals surface area contributed by atoms with Crippen LogP contribution >= 0.6 is 0 Å². The largest absolute Gasteiger partial charge is 0.497 e. The highest BCUT2D eigenvalue weighted by Gasteiger charge is 2.30. The number of H-pyrrole nitrogens is 1. The maximum absolute atomic E-state index is 11.9. The van der Waals surface area contributed by atoms with E-state index >= 15 is 0 Å². The Morgan fingerprint density at radius 3 is 2.92 bits per heavy atom. The molecule has 0 atom stereocenters. The van der Waals surface area contributed by atoms with Gasteiger partial charge in [0.2, 0.25) is 5.91 Å². The molecule has 0 unspecified atom stereocenters. The molecule has 1 fully saturated rings. The molecule has 124 valence electrons. The smallest absolute Gasteiger partial charge is 0.228 e. The van der Waals surface area contributed by atoms with Crippen molar-refractivity contribution in [3.63, 3.8) is 0 Å². The Morgan fingerprint density at radius 2 is 2.21 bits per heavy atom. The fourth-order valence-electron chi connectivity index (χ4n) is 3.02. The summed E-state index contributed by atoms with van der Waals surface area (Å²) in [7, 11) is 1.67. The molecule has 1 aliphatic carbocycles. The van der Waals surface area contributed by atoms with Crippen molar-refractivity contribution in [1.82, 2.24) is 14.8 Å². The zero-order valence-corrected chi connectivity index (χ0v) is 13.8. The number of hydrogen-bond acceptors (Lipinski definition) is 3. The van der Waals surface area contributed by atoms with E-state index in [1.807, 2.05) is 18.2 Å². The van der Waals surface area contributed by atoms with E-state index in [4.69, 9.17) is 4.74 Å².